The lowest BCUT2D eigenvalue weighted by atomic mass is 9.94. The highest BCUT2D eigenvalue weighted by molar-refractivity contribution is 4.55. The van der Waals surface area contributed by atoms with E-state index in [9.17, 15) is 0 Å². The second kappa shape index (κ2) is 11.7. The van der Waals surface area contributed by atoms with E-state index in [1.165, 1.54) is 13.5 Å². The first-order valence-corrected chi connectivity index (χ1v) is 4.14. The zero-order valence-corrected chi connectivity index (χ0v) is 8.78. The van der Waals surface area contributed by atoms with Crippen LogP contribution in [-0.2, 0) is 0 Å². The molecule has 1 heteroatoms. The van der Waals surface area contributed by atoms with Gasteiger partial charge in [0, 0.05) is 0 Å². The fourth-order valence-corrected chi connectivity index (χ4v) is 0. The van der Waals surface area contributed by atoms with Crippen LogP contribution in [0.1, 0.15) is 48.0 Å². The standard InChI is InChI=1S/C6H14.C2H6.CH5N/c1-5-6(2,3)4;2*1-2/h5H2,1-4H3;1-2H3;2H2,1H3. The van der Waals surface area contributed by atoms with E-state index in [1.54, 1.807) is 0 Å². The number of nitrogens with two attached hydrogens (primary N) is 1. The Morgan fingerprint density at radius 2 is 1.10 bits per heavy atom. The number of hydrogen-bond acceptors (Lipinski definition) is 1. The lowest BCUT2D eigenvalue weighted by molar-refractivity contribution is 0.398. The van der Waals surface area contributed by atoms with Crippen molar-refractivity contribution in [3.05, 3.63) is 0 Å². The predicted molar refractivity (Wildman–Crippen MR) is 51.2 cm³/mol. The molecule has 1 nitrogen and oxygen atoms in total. The Hall–Kier alpha value is -0.0400. The minimum atomic E-state index is 0.542. The summed E-state index contributed by atoms with van der Waals surface area (Å²) in [7, 11) is 1.50. The quantitative estimate of drug-likeness (QED) is 0.560. The molecule has 66 valence electrons. The van der Waals surface area contributed by atoms with E-state index < -0.39 is 0 Å². The molecule has 0 saturated heterocycles. The molecule has 0 heterocycles. The van der Waals surface area contributed by atoms with Crippen molar-refractivity contribution in [1.29, 1.82) is 0 Å². The van der Waals surface area contributed by atoms with Crippen LogP contribution < -0.4 is 5.73 Å². The molecule has 0 spiro atoms. The van der Waals surface area contributed by atoms with Crippen molar-refractivity contribution in [2.45, 2.75) is 48.0 Å². The maximum Gasteiger partial charge on any atom is -0.0195 e. The third-order valence-electron chi connectivity index (χ3n) is 1.06. The first-order valence-electron chi connectivity index (χ1n) is 4.14. The lowest BCUT2D eigenvalue weighted by Crippen LogP contribution is -2.00. The van der Waals surface area contributed by atoms with E-state index in [0.717, 1.165) is 0 Å². The molecule has 0 aromatic rings. The molecule has 0 rings (SSSR count). The first-order chi connectivity index (χ1) is 4.56. The summed E-state index contributed by atoms with van der Waals surface area (Å²) in [6, 6.07) is 0. The molecule has 0 atom stereocenters. The second-order valence-electron chi connectivity index (χ2n) is 2.91. The molecule has 0 aromatic heterocycles. The summed E-state index contributed by atoms with van der Waals surface area (Å²) in [6.07, 6.45) is 1.27. The van der Waals surface area contributed by atoms with Gasteiger partial charge in [-0.25, -0.2) is 0 Å². The Morgan fingerprint density at radius 3 is 1.10 bits per heavy atom. The molecule has 0 unspecified atom stereocenters. The van der Waals surface area contributed by atoms with Crippen LogP contribution in [0.15, 0.2) is 0 Å². The molecule has 0 amide bonds. The van der Waals surface area contributed by atoms with Gasteiger partial charge in [-0.1, -0.05) is 48.0 Å². The van der Waals surface area contributed by atoms with Gasteiger partial charge in [0.05, 0.1) is 0 Å². The van der Waals surface area contributed by atoms with E-state index in [1.807, 2.05) is 13.8 Å². The van der Waals surface area contributed by atoms with Gasteiger partial charge in [-0.05, 0) is 12.5 Å². The van der Waals surface area contributed by atoms with Gasteiger partial charge in [0.25, 0.3) is 0 Å². The van der Waals surface area contributed by atoms with Crippen molar-refractivity contribution < 1.29 is 0 Å². The van der Waals surface area contributed by atoms with Crippen LogP contribution in [0.2, 0.25) is 0 Å². The van der Waals surface area contributed by atoms with Crippen molar-refractivity contribution >= 4 is 0 Å². The Morgan fingerprint density at radius 1 is 1.00 bits per heavy atom. The topological polar surface area (TPSA) is 26.0 Å². The largest absolute Gasteiger partial charge is 0.333 e. The third-order valence-corrected chi connectivity index (χ3v) is 1.06. The molecule has 0 fully saturated rings. The average Bonchev–Trinajstić information content (AvgIpc) is 1.95. The lowest BCUT2D eigenvalue weighted by Gasteiger charge is -2.12. The van der Waals surface area contributed by atoms with Gasteiger partial charge in [-0.15, -0.1) is 0 Å². The monoisotopic (exact) mass is 147 g/mol. The van der Waals surface area contributed by atoms with E-state index in [-0.39, 0.29) is 0 Å². The summed E-state index contributed by atoms with van der Waals surface area (Å²) < 4.78 is 0. The van der Waals surface area contributed by atoms with Gasteiger partial charge in [0.15, 0.2) is 0 Å². The van der Waals surface area contributed by atoms with Gasteiger partial charge in [-0.2, -0.15) is 0 Å². The van der Waals surface area contributed by atoms with Crippen molar-refractivity contribution in [3.63, 3.8) is 0 Å². The molecule has 0 aliphatic rings. The van der Waals surface area contributed by atoms with Crippen LogP contribution in [0.3, 0.4) is 0 Å². The fourth-order valence-electron chi connectivity index (χ4n) is 0. The highest BCUT2D eigenvalue weighted by Gasteiger charge is 2.03. The molecular formula is C9H25N. The van der Waals surface area contributed by atoms with Gasteiger partial charge in [-0.3, -0.25) is 0 Å². The van der Waals surface area contributed by atoms with Crippen molar-refractivity contribution in [2.75, 3.05) is 7.05 Å². The summed E-state index contributed by atoms with van der Waals surface area (Å²) >= 11 is 0. The minimum Gasteiger partial charge on any atom is -0.333 e. The summed E-state index contributed by atoms with van der Waals surface area (Å²) in [6.45, 7) is 12.9. The van der Waals surface area contributed by atoms with Crippen LogP contribution in [0.25, 0.3) is 0 Å². The van der Waals surface area contributed by atoms with Crippen molar-refractivity contribution in [2.24, 2.45) is 11.1 Å². The van der Waals surface area contributed by atoms with Crippen molar-refractivity contribution in [3.8, 4) is 0 Å². The third kappa shape index (κ3) is 44.0. The smallest absolute Gasteiger partial charge is 0.0195 e. The highest BCUT2D eigenvalue weighted by Crippen LogP contribution is 2.16. The molecular weight excluding hydrogens is 122 g/mol. The predicted octanol–water partition coefficient (Wildman–Crippen LogP) is 3.04. The molecule has 0 radical (unpaired) electrons. The molecule has 0 saturated carbocycles. The number of hydrogen-bond donors (Lipinski definition) is 1. The first kappa shape index (κ1) is 16.5. The van der Waals surface area contributed by atoms with Gasteiger partial charge >= 0.3 is 0 Å². The fraction of sp³-hybridized carbons (Fsp3) is 1.00. The summed E-state index contributed by atoms with van der Waals surface area (Å²) in [5.41, 5.74) is 5.04. The molecule has 2 N–H and O–H groups in total. The maximum atomic E-state index is 4.50. The SMILES string of the molecule is CC.CCC(C)(C)C.CN. The van der Waals surface area contributed by atoms with E-state index in [4.69, 9.17) is 0 Å². The average molecular weight is 147 g/mol. The normalized spacial score (nSPS) is 8.40. The van der Waals surface area contributed by atoms with Crippen molar-refractivity contribution in [1.82, 2.24) is 0 Å². The Kier molecular flexibility index (Phi) is 19.3. The van der Waals surface area contributed by atoms with Crippen LogP contribution in [0.4, 0.5) is 0 Å². The van der Waals surface area contributed by atoms with Crippen LogP contribution in [0.5, 0.6) is 0 Å². The molecule has 0 aliphatic heterocycles. The Labute approximate surface area is 67.0 Å². The van der Waals surface area contributed by atoms with Gasteiger partial charge in [0.2, 0.25) is 0 Å². The van der Waals surface area contributed by atoms with Gasteiger partial charge in [0.1, 0.15) is 0 Å². The van der Waals surface area contributed by atoms with Crippen LogP contribution in [0, 0.1) is 5.41 Å². The Bertz CT molecular complexity index is 34.5. The highest BCUT2D eigenvalue weighted by atomic mass is 14.4. The zero-order valence-electron chi connectivity index (χ0n) is 8.78. The molecule has 0 bridgehead atoms. The Balaban J connectivity index is -0.000000105. The second-order valence-corrected chi connectivity index (χ2v) is 2.91. The van der Waals surface area contributed by atoms with Crippen LogP contribution >= 0.6 is 0 Å². The molecule has 0 aliphatic carbocycles. The van der Waals surface area contributed by atoms with E-state index >= 15 is 0 Å². The molecule has 0 aromatic carbocycles. The maximum absolute atomic E-state index is 4.50. The molecule has 10 heavy (non-hydrogen) atoms. The zero-order chi connectivity index (χ0) is 9.21. The summed E-state index contributed by atoms with van der Waals surface area (Å²) in [5, 5.41) is 0. The van der Waals surface area contributed by atoms with Crippen LogP contribution in [-0.4, -0.2) is 7.05 Å². The summed E-state index contributed by atoms with van der Waals surface area (Å²) in [4.78, 5) is 0. The minimum absolute atomic E-state index is 0.542. The number of rotatable bonds is 0. The van der Waals surface area contributed by atoms with E-state index in [2.05, 4.69) is 33.4 Å². The van der Waals surface area contributed by atoms with E-state index in [0.29, 0.717) is 5.41 Å². The summed E-state index contributed by atoms with van der Waals surface area (Å²) in [5.74, 6) is 0. The van der Waals surface area contributed by atoms with Gasteiger partial charge < -0.3 is 5.73 Å².